The highest BCUT2D eigenvalue weighted by molar-refractivity contribution is 9.11. The van der Waals surface area contributed by atoms with Gasteiger partial charge >= 0.3 is 0 Å². The number of thiophene rings is 1. The lowest BCUT2D eigenvalue weighted by Crippen LogP contribution is -1.80. The van der Waals surface area contributed by atoms with Gasteiger partial charge in [-0.1, -0.05) is 11.3 Å². The number of aryl methyl sites for hydroxylation is 1. The van der Waals surface area contributed by atoms with Gasteiger partial charge in [0.15, 0.2) is 5.01 Å². The number of nitrogens with two attached hydrogens (primary N) is 1. The summed E-state index contributed by atoms with van der Waals surface area (Å²) < 4.78 is 1.11. The van der Waals surface area contributed by atoms with E-state index in [1.807, 2.05) is 6.92 Å². The van der Waals surface area contributed by atoms with E-state index in [0.717, 1.165) is 13.7 Å². The average Bonchev–Trinajstić information content (AvgIpc) is 2.58. The topological polar surface area (TPSA) is 51.8 Å². The molecule has 2 aromatic heterocycles. The van der Waals surface area contributed by atoms with Gasteiger partial charge in [-0.05, 0) is 34.5 Å². The van der Waals surface area contributed by atoms with Crippen LogP contribution in [0.2, 0.25) is 0 Å². The minimum Gasteiger partial charge on any atom is -0.374 e. The van der Waals surface area contributed by atoms with Gasteiger partial charge in [-0.15, -0.1) is 21.5 Å². The Morgan fingerprint density at radius 2 is 2.15 bits per heavy atom. The summed E-state index contributed by atoms with van der Waals surface area (Å²) in [4.78, 5) is 1.14. The van der Waals surface area contributed by atoms with E-state index in [4.69, 9.17) is 5.73 Å². The molecule has 0 aromatic carbocycles. The van der Waals surface area contributed by atoms with Crippen LogP contribution >= 0.6 is 38.6 Å². The van der Waals surface area contributed by atoms with E-state index in [0.29, 0.717) is 5.13 Å². The van der Waals surface area contributed by atoms with Crippen LogP contribution in [0.1, 0.15) is 5.56 Å². The molecule has 0 amide bonds. The second kappa shape index (κ2) is 3.36. The molecule has 2 rings (SSSR count). The van der Waals surface area contributed by atoms with E-state index >= 15 is 0 Å². The number of aromatic nitrogens is 2. The summed E-state index contributed by atoms with van der Waals surface area (Å²) in [5.41, 5.74) is 6.71. The zero-order chi connectivity index (χ0) is 9.42. The molecule has 0 atom stereocenters. The summed E-state index contributed by atoms with van der Waals surface area (Å²) in [6, 6.07) is 2.07. The molecule has 0 aliphatic heterocycles. The smallest absolute Gasteiger partial charge is 0.203 e. The predicted molar refractivity (Wildman–Crippen MR) is 60.1 cm³/mol. The van der Waals surface area contributed by atoms with Crippen molar-refractivity contribution in [3.8, 4) is 9.88 Å². The molecule has 2 aromatic rings. The number of hydrogen-bond acceptors (Lipinski definition) is 5. The third-order valence-corrected chi connectivity index (χ3v) is 4.17. The number of nitrogen functional groups attached to an aromatic ring is 1. The quantitative estimate of drug-likeness (QED) is 0.871. The molecular weight excluding hydrogens is 270 g/mol. The van der Waals surface area contributed by atoms with Crippen LogP contribution in [0, 0.1) is 6.92 Å². The Kier molecular flexibility index (Phi) is 2.35. The molecule has 0 saturated heterocycles. The largest absolute Gasteiger partial charge is 0.374 e. The molecule has 68 valence electrons. The minimum absolute atomic E-state index is 0.513. The van der Waals surface area contributed by atoms with Crippen molar-refractivity contribution in [3.63, 3.8) is 0 Å². The van der Waals surface area contributed by atoms with Crippen molar-refractivity contribution in [2.45, 2.75) is 6.92 Å². The average molecular weight is 276 g/mol. The molecule has 13 heavy (non-hydrogen) atoms. The molecule has 2 N–H and O–H groups in total. The van der Waals surface area contributed by atoms with Crippen LogP contribution in [0.4, 0.5) is 5.13 Å². The molecule has 2 heterocycles. The van der Waals surface area contributed by atoms with E-state index in [1.54, 1.807) is 11.3 Å². The van der Waals surface area contributed by atoms with Crippen LogP contribution in [0.5, 0.6) is 0 Å². The Balaban J connectivity index is 2.51. The summed E-state index contributed by atoms with van der Waals surface area (Å²) in [5.74, 6) is 0. The predicted octanol–water partition coefficient (Wildman–Crippen LogP) is 2.92. The van der Waals surface area contributed by atoms with Crippen LogP contribution in [-0.4, -0.2) is 10.2 Å². The van der Waals surface area contributed by atoms with Crippen molar-refractivity contribution in [3.05, 3.63) is 15.4 Å². The number of rotatable bonds is 1. The molecule has 0 fully saturated rings. The maximum absolute atomic E-state index is 5.51. The molecule has 0 bridgehead atoms. The van der Waals surface area contributed by atoms with Crippen molar-refractivity contribution in [1.82, 2.24) is 10.2 Å². The van der Waals surface area contributed by atoms with Crippen LogP contribution in [0.3, 0.4) is 0 Å². The first-order chi connectivity index (χ1) is 6.16. The normalized spacial score (nSPS) is 10.6. The van der Waals surface area contributed by atoms with Crippen molar-refractivity contribution >= 4 is 43.7 Å². The molecule has 0 aliphatic rings. The third kappa shape index (κ3) is 1.74. The maximum atomic E-state index is 5.51. The second-order valence-corrected chi connectivity index (χ2v) is 5.95. The van der Waals surface area contributed by atoms with Gasteiger partial charge in [0.25, 0.3) is 0 Å². The fourth-order valence-corrected chi connectivity index (χ4v) is 3.45. The monoisotopic (exact) mass is 275 g/mol. The van der Waals surface area contributed by atoms with E-state index in [2.05, 4.69) is 32.2 Å². The number of hydrogen-bond donors (Lipinski definition) is 1. The van der Waals surface area contributed by atoms with Gasteiger partial charge < -0.3 is 5.73 Å². The van der Waals surface area contributed by atoms with Gasteiger partial charge in [0, 0.05) is 0 Å². The fourth-order valence-electron chi connectivity index (χ4n) is 0.982. The van der Waals surface area contributed by atoms with Crippen LogP contribution in [0.15, 0.2) is 9.85 Å². The second-order valence-electron chi connectivity index (χ2n) is 2.51. The highest BCUT2D eigenvalue weighted by Crippen LogP contribution is 2.36. The number of halogens is 1. The molecule has 6 heteroatoms. The summed E-state index contributed by atoms with van der Waals surface area (Å²) in [6.07, 6.45) is 0. The van der Waals surface area contributed by atoms with Gasteiger partial charge in [0.1, 0.15) is 0 Å². The summed E-state index contributed by atoms with van der Waals surface area (Å²) in [6.45, 7) is 2.05. The van der Waals surface area contributed by atoms with Gasteiger partial charge in [-0.25, -0.2) is 0 Å². The lowest BCUT2D eigenvalue weighted by atomic mass is 10.3. The standard InChI is InChI=1S/C7H6BrN3S2/c1-3-2-4(8)12-5(3)6-10-11-7(9)13-6/h2H,1H3,(H2,9,11). The van der Waals surface area contributed by atoms with Crippen LogP contribution in [-0.2, 0) is 0 Å². The lowest BCUT2D eigenvalue weighted by Gasteiger charge is -1.88. The first-order valence-corrected chi connectivity index (χ1v) is 5.94. The molecule has 0 aliphatic carbocycles. The zero-order valence-electron chi connectivity index (χ0n) is 6.74. The third-order valence-electron chi connectivity index (χ3n) is 1.52. The van der Waals surface area contributed by atoms with E-state index in [1.165, 1.54) is 16.9 Å². The van der Waals surface area contributed by atoms with Crippen LogP contribution < -0.4 is 5.73 Å². The highest BCUT2D eigenvalue weighted by Gasteiger charge is 2.10. The molecule has 0 unspecified atom stereocenters. The number of anilines is 1. The SMILES string of the molecule is Cc1cc(Br)sc1-c1nnc(N)s1. The van der Waals surface area contributed by atoms with Gasteiger partial charge in [-0.2, -0.15) is 0 Å². The fraction of sp³-hybridized carbons (Fsp3) is 0.143. The van der Waals surface area contributed by atoms with E-state index in [-0.39, 0.29) is 0 Å². The Labute approximate surface area is 91.7 Å². The van der Waals surface area contributed by atoms with Crippen molar-refractivity contribution in [2.75, 3.05) is 5.73 Å². The van der Waals surface area contributed by atoms with Gasteiger partial charge in [-0.3, -0.25) is 0 Å². The maximum Gasteiger partial charge on any atom is 0.203 e. The van der Waals surface area contributed by atoms with Crippen molar-refractivity contribution < 1.29 is 0 Å². The highest BCUT2D eigenvalue weighted by atomic mass is 79.9. The Morgan fingerprint density at radius 1 is 1.38 bits per heavy atom. The first kappa shape index (κ1) is 9.11. The Morgan fingerprint density at radius 3 is 2.62 bits per heavy atom. The van der Waals surface area contributed by atoms with Crippen LogP contribution in [0.25, 0.3) is 9.88 Å². The van der Waals surface area contributed by atoms with E-state index in [9.17, 15) is 0 Å². The lowest BCUT2D eigenvalue weighted by molar-refractivity contribution is 1.10. The summed E-state index contributed by atoms with van der Waals surface area (Å²) >= 11 is 6.49. The molecule has 0 saturated carbocycles. The van der Waals surface area contributed by atoms with Gasteiger partial charge in [0.05, 0.1) is 8.66 Å². The first-order valence-electron chi connectivity index (χ1n) is 3.52. The van der Waals surface area contributed by atoms with E-state index < -0.39 is 0 Å². The van der Waals surface area contributed by atoms with Gasteiger partial charge in [0.2, 0.25) is 5.13 Å². The van der Waals surface area contributed by atoms with Crippen molar-refractivity contribution in [2.24, 2.45) is 0 Å². The zero-order valence-corrected chi connectivity index (χ0v) is 9.96. The Bertz CT molecular complexity index is 435. The molecule has 3 nitrogen and oxygen atoms in total. The number of nitrogens with zero attached hydrogens (tertiary/aromatic N) is 2. The molecular formula is C7H6BrN3S2. The van der Waals surface area contributed by atoms with Crippen molar-refractivity contribution in [1.29, 1.82) is 0 Å². The Hall–Kier alpha value is -0.460. The molecule has 0 radical (unpaired) electrons. The molecule has 0 spiro atoms. The summed E-state index contributed by atoms with van der Waals surface area (Å²) in [5, 5.41) is 9.18. The summed E-state index contributed by atoms with van der Waals surface area (Å²) in [7, 11) is 0. The minimum atomic E-state index is 0.513.